The molecule has 23 heavy (non-hydrogen) atoms. The van der Waals surface area contributed by atoms with Crippen molar-refractivity contribution in [3.05, 3.63) is 29.4 Å². The first kappa shape index (κ1) is 14.6. The number of piperidine rings is 1. The summed E-state index contributed by atoms with van der Waals surface area (Å²) in [6.07, 6.45) is 5.31. The highest BCUT2D eigenvalue weighted by Crippen LogP contribution is 2.31. The first-order valence-corrected chi connectivity index (χ1v) is 8.93. The lowest BCUT2D eigenvalue weighted by molar-refractivity contribution is 0.392. The van der Waals surface area contributed by atoms with Gasteiger partial charge in [0.1, 0.15) is 28.6 Å². The Morgan fingerprint density at radius 3 is 3.00 bits per heavy atom. The standard InChI is InChI=1S/C16H20N6S/c1-11-19-12(2)22(20-11)9-13-5-3-4-7-21(13)15-14-6-8-23-16(14)18-10-17-15/h6,8,10,13H,3-5,7,9H2,1-2H3/t13-/m0/s1. The van der Waals surface area contributed by atoms with E-state index in [2.05, 4.69) is 36.4 Å². The van der Waals surface area contributed by atoms with Crippen LogP contribution in [0.4, 0.5) is 5.82 Å². The van der Waals surface area contributed by atoms with Gasteiger partial charge in [0.25, 0.3) is 0 Å². The summed E-state index contributed by atoms with van der Waals surface area (Å²) in [5.41, 5.74) is 0. The molecule has 3 aromatic heterocycles. The smallest absolute Gasteiger partial charge is 0.147 e. The number of thiophene rings is 1. The third-order valence-corrected chi connectivity index (χ3v) is 5.31. The molecule has 0 aromatic carbocycles. The van der Waals surface area contributed by atoms with Crippen LogP contribution in [0, 0.1) is 13.8 Å². The molecule has 0 unspecified atom stereocenters. The number of hydrogen-bond donors (Lipinski definition) is 0. The summed E-state index contributed by atoms with van der Waals surface area (Å²) >= 11 is 1.67. The fourth-order valence-corrected chi connectivity index (χ4v) is 4.14. The number of fused-ring (bicyclic) bond motifs is 1. The molecule has 1 saturated heterocycles. The third-order valence-electron chi connectivity index (χ3n) is 4.49. The Hall–Kier alpha value is -2.02. The van der Waals surface area contributed by atoms with E-state index in [9.17, 15) is 0 Å². The number of hydrogen-bond acceptors (Lipinski definition) is 6. The number of nitrogens with zero attached hydrogens (tertiary/aromatic N) is 6. The maximum absolute atomic E-state index is 4.60. The predicted octanol–water partition coefficient (Wildman–Crippen LogP) is 2.96. The predicted molar refractivity (Wildman–Crippen MR) is 91.9 cm³/mol. The minimum atomic E-state index is 0.404. The summed E-state index contributed by atoms with van der Waals surface area (Å²) in [6.45, 7) is 5.87. The van der Waals surface area contributed by atoms with Crippen molar-refractivity contribution < 1.29 is 0 Å². The van der Waals surface area contributed by atoms with E-state index in [0.29, 0.717) is 6.04 Å². The molecule has 7 heteroatoms. The largest absolute Gasteiger partial charge is 0.351 e. The van der Waals surface area contributed by atoms with Crippen molar-refractivity contribution in [2.75, 3.05) is 11.4 Å². The van der Waals surface area contributed by atoms with Crippen LogP contribution < -0.4 is 4.90 Å². The molecule has 6 nitrogen and oxygen atoms in total. The fourth-order valence-electron chi connectivity index (χ4n) is 3.41. The van der Waals surface area contributed by atoms with Crippen LogP contribution in [0.15, 0.2) is 17.8 Å². The fraction of sp³-hybridized carbons (Fsp3) is 0.500. The molecule has 1 aliphatic heterocycles. The van der Waals surface area contributed by atoms with E-state index in [1.807, 2.05) is 18.5 Å². The van der Waals surface area contributed by atoms with Gasteiger partial charge in [-0.1, -0.05) is 0 Å². The molecule has 4 rings (SSSR count). The summed E-state index contributed by atoms with van der Waals surface area (Å²) in [6, 6.07) is 2.54. The van der Waals surface area contributed by atoms with Crippen LogP contribution in [0.5, 0.6) is 0 Å². The molecule has 0 spiro atoms. The van der Waals surface area contributed by atoms with E-state index in [0.717, 1.165) is 47.2 Å². The van der Waals surface area contributed by atoms with Gasteiger partial charge >= 0.3 is 0 Å². The van der Waals surface area contributed by atoms with Gasteiger partial charge < -0.3 is 4.90 Å². The van der Waals surface area contributed by atoms with Gasteiger partial charge in [0.15, 0.2) is 0 Å². The minimum Gasteiger partial charge on any atom is -0.351 e. The molecule has 3 aromatic rings. The molecule has 0 amide bonds. The zero-order valence-electron chi connectivity index (χ0n) is 13.4. The van der Waals surface area contributed by atoms with E-state index >= 15 is 0 Å². The van der Waals surface area contributed by atoms with Crippen LogP contribution in [0.2, 0.25) is 0 Å². The van der Waals surface area contributed by atoms with Crippen molar-refractivity contribution in [3.63, 3.8) is 0 Å². The van der Waals surface area contributed by atoms with Gasteiger partial charge in [-0.05, 0) is 44.6 Å². The quantitative estimate of drug-likeness (QED) is 0.740. The summed E-state index contributed by atoms with van der Waals surface area (Å²) in [7, 11) is 0. The molecule has 0 N–H and O–H groups in total. The van der Waals surface area contributed by atoms with E-state index in [4.69, 9.17) is 0 Å². The summed E-state index contributed by atoms with van der Waals surface area (Å²) < 4.78 is 2.03. The average Bonchev–Trinajstić information content (AvgIpc) is 3.14. The van der Waals surface area contributed by atoms with Crippen molar-refractivity contribution >= 4 is 27.4 Å². The molecule has 120 valence electrons. The van der Waals surface area contributed by atoms with Crippen LogP contribution in [0.3, 0.4) is 0 Å². The van der Waals surface area contributed by atoms with Gasteiger partial charge in [-0.15, -0.1) is 11.3 Å². The summed E-state index contributed by atoms with van der Waals surface area (Å²) in [5, 5.41) is 7.79. The normalized spacial score (nSPS) is 18.7. The SMILES string of the molecule is Cc1nc(C)n(C[C@@H]2CCCCN2c2ncnc3sccc23)n1. The molecule has 0 aliphatic carbocycles. The van der Waals surface area contributed by atoms with Crippen LogP contribution in [-0.2, 0) is 6.54 Å². The highest BCUT2D eigenvalue weighted by atomic mass is 32.1. The topological polar surface area (TPSA) is 59.7 Å². The Bertz CT molecular complexity index is 823. The molecule has 1 atom stereocenters. The Morgan fingerprint density at radius 2 is 2.17 bits per heavy atom. The second-order valence-corrected chi connectivity index (χ2v) is 6.96. The number of anilines is 1. The van der Waals surface area contributed by atoms with Gasteiger partial charge in [-0.2, -0.15) is 5.10 Å². The zero-order valence-corrected chi connectivity index (χ0v) is 14.3. The van der Waals surface area contributed by atoms with Crippen LogP contribution in [0.1, 0.15) is 30.9 Å². The zero-order chi connectivity index (χ0) is 15.8. The van der Waals surface area contributed by atoms with Crippen molar-refractivity contribution in [3.8, 4) is 0 Å². The second-order valence-electron chi connectivity index (χ2n) is 6.07. The Balaban J connectivity index is 1.68. The van der Waals surface area contributed by atoms with E-state index in [1.54, 1.807) is 17.7 Å². The summed E-state index contributed by atoms with van der Waals surface area (Å²) in [4.78, 5) is 16.9. The Kier molecular flexibility index (Phi) is 3.72. The lowest BCUT2D eigenvalue weighted by atomic mass is 10.0. The van der Waals surface area contributed by atoms with Crippen LogP contribution >= 0.6 is 11.3 Å². The molecule has 1 fully saturated rings. The molecule has 0 radical (unpaired) electrons. The first-order chi connectivity index (χ1) is 11.2. The van der Waals surface area contributed by atoms with Gasteiger partial charge in [0, 0.05) is 6.54 Å². The van der Waals surface area contributed by atoms with Crippen molar-refractivity contribution in [1.82, 2.24) is 24.7 Å². The minimum absolute atomic E-state index is 0.404. The average molecular weight is 328 g/mol. The highest BCUT2D eigenvalue weighted by molar-refractivity contribution is 7.16. The highest BCUT2D eigenvalue weighted by Gasteiger charge is 2.26. The molecule has 0 saturated carbocycles. The molecule has 4 heterocycles. The molecule has 1 aliphatic rings. The van der Waals surface area contributed by atoms with E-state index in [-0.39, 0.29) is 0 Å². The summed E-state index contributed by atoms with van der Waals surface area (Å²) in [5.74, 6) is 2.89. The first-order valence-electron chi connectivity index (χ1n) is 8.05. The van der Waals surface area contributed by atoms with E-state index in [1.165, 1.54) is 12.8 Å². The number of rotatable bonds is 3. The van der Waals surface area contributed by atoms with Gasteiger partial charge in [0.05, 0.1) is 18.0 Å². The van der Waals surface area contributed by atoms with Gasteiger partial charge in [-0.3, -0.25) is 0 Å². The van der Waals surface area contributed by atoms with E-state index < -0.39 is 0 Å². The lowest BCUT2D eigenvalue weighted by Crippen LogP contribution is -2.43. The van der Waals surface area contributed by atoms with Gasteiger partial charge in [-0.25, -0.2) is 19.6 Å². The maximum Gasteiger partial charge on any atom is 0.147 e. The molecular weight excluding hydrogens is 308 g/mol. The second kappa shape index (κ2) is 5.88. The van der Waals surface area contributed by atoms with Crippen molar-refractivity contribution in [2.45, 2.75) is 45.7 Å². The lowest BCUT2D eigenvalue weighted by Gasteiger charge is -2.37. The Morgan fingerprint density at radius 1 is 1.26 bits per heavy atom. The van der Waals surface area contributed by atoms with Crippen LogP contribution in [-0.4, -0.2) is 37.3 Å². The third kappa shape index (κ3) is 2.69. The monoisotopic (exact) mass is 328 g/mol. The number of aromatic nitrogens is 5. The van der Waals surface area contributed by atoms with Crippen molar-refractivity contribution in [2.24, 2.45) is 0 Å². The van der Waals surface area contributed by atoms with Crippen molar-refractivity contribution in [1.29, 1.82) is 0 Å². The maximum atomic E-state index is 4.60. The van der Waals surface area contributed by atoms with Gasteiger partial charge in [0.2, 0.25) is 0 Å². The molecule has 0 bridgehead atoms. The van der Waals surface area contributed by atoms with Crippen LogP contribution in [0.25, 0.3) is 10.2 Å². The molecular formula is C16H20N6S. The number of aryl methyl sites for hydroxylation is 2. The Labute approximate surface area is 139 Å².